The molecule has 2 atom stereocenters. The molecule has 0 saturated heterocycles. The average molecular weight is 287 g/mol. The molecule has 0 aliphatic heterocycles. The van der Waals surface area contributed by atoms with E-state index in [9.17, 15) is 0 Å². The SMILES string of the molecule is COc1ccc(C(C)NC2CCCc3sccc32)cc1. The molecule has 1 aromatic heterocycles. The van der Waals surface area contributed by atoms with E-state index >= 15 is 0 Å². The molecule has 1 aliphatic carbocycles. The molecule has 3 rings (SSSR count). The van der Waals surface area contributed by atoms with E-state index in [4.69, 9.17) is 4.74 Å². The number of thiophene rings is 1. The number of fused-ring (bicyclic) bond motifs is 1. The quantitative estimate of drug-likeness (QED) is 0.895. The highest BCUT2D eigenvalue weighted by molar-refractivity contribution is 7.10. The molecular formula is C17H21NOS. The van der Waals surface area contributed by atoms with Crippen LogP contribution in [0.3, 0.4) is 0 Å². The molecule has 0 saturated carbocycles. The maximum absolute atomic E-state index is 5.22. The van der Waals surface area contributed by atoms with Crippen LogP contribution in [0.2, 0.25) is 0 Å². The minimum absolute atomic E-state index is 0.358. The molecule has 2 aromatic rings. The van der Waals surface area contributed by atoms with Crippen LogP contribution in [0.4, 0.5) is 0 Å². The van der Waals surface area contributed by atoms with Crippen molar-refractivity contribution in [3.05, 3.63) is 51.7 Å². The van der Waals surface area contributed by atoms with Crippen LogP contribution >= 0.6 is 11.3 Å². The molecule has 1 N–H and O–H groups in total. The Morgan fingerprint density at radius 3 is 2.80 bits per heavy atom. The van der Waals surface area contributed by atoms with Gasteiger partial charge in [0, 0.05) is 17.0 Å². The van der Waals surface area contributed by atoms with Gasteiger partial charge in [0.1, 0.15) is 5.75 Å². The number of benzene rings is 1. The topological polar surface area (TPSA) is 21.3 Å². The molecule has 106 valence electrons. The number of ether oxygens (including phenoxy) is 1. The Morgan fingerprint density at radius 1 is 1.25 bits per heavy atom. The fourth-order valence-corrected chi connectivity index (χ4v) is 3.94. The summed E-state index contributed by atoms with van der Waals surface area (Å²) in [6.07, 6.45) is 3.78. The maximum Gasteiger partial charge on any atom is 0.118 e. The molecular weight excluding hydrogens is 266 g/mol. The van der Waals surface area contributed by atoms with Gasteiger partial charge in [-0.2, -0.15) is 0 Å². The van der Waals surface area contributed by atoms with Crippen LogP contribution in [0.15, 0.2) is 35.7 Å². The third-order valence-corrected chi connectivity index (χ3v) is 5.12. The van der Waals surface area contributed by atoms with Crippen molar-refractivity contribution >= 4 is 11.3 Å². The van der Waals surface area contributed by atoms with Gasteiger partial charge in [0.05, 0.1) is 7.11 Å². The van der Waals surface area contributed by atoms with Crippen LogP contribution in [-0.4, -0.2) is 7.11 Å². The van der Waals surface area contributed by atoms with Gasteiger partial charge in [-0.3, -0.25) is 0 Å². The van der Waals surface area contributed by atoms with Crippen molar-refractivity contribution in [1.82, 2.24) is 5.32 Å². The number of hydrogen-bond donors (Lipinski definition) is 1. The summed E-state index contributed by atoms with van der Waals surface area (Å²) in [6, 6.07) is 11.5. The van der Waals surface area contributed by atoms with Crippen LogP contribution in [0, 0.1) is 0 Å². The number of rotatable bonds is 4. The number of methoxy groups -OCH3 is 1. The van der Waals surface area contributed by atoms with Crippen molar-refractivity contribution in [3.8, 4) is 5.75 Å². The summed E-state index contributed by atoms with van der Waals surface area (Å²) in [5, 5.41) is 6.01. The monoisotopic (exact) mass is 287 g/mol. The van der Waals surface area contributed by atoms with Gasteiger partial charge < -0.3 is 10.1 Å². The van der Waals surface area contributed by atoms with E-state index < -0.39 is 0 Å². The third kappa shape index (κ3) is 2.74. The number of hydrogen-bond acceptors (Lipinski definition) is 3. The van der Waals surface area contributed by atoms with E-state index in [1.807, 2.05) is 23.5 Å². The van der Waals surface area contributed by atoms with Crippen molar-refractivity contribution in [2.75, 3.05) is 7.11 Å². The van der Waals surface area contributed by atoms with Gasteiger partial charge in [-0.1, -0.05) is 12.1 Å². The van der Waals surface area contributed by atoms with Crippen molar-refractivity contribution in [1.29, 1.82) is 0 Å². The van der Waals surface area contributed by atoms with Crippen molar-refractivity contribution in [2.24, 2.45) is 0 Å². The minimum atomic E-state index is 0.358. The fraction of sp³-hybridized carbons (Fsp3) is 0.412. The van der Waals surface area contributed by atoms with E-state index in [1.165, 1.54) is 30.4 Å². The molecule has 3 heteroatoms. The summed E-state index contributed by atoms with van der Waals surface area (Å²) >= 11 is 1.90. The highest BCUT2D eigenvalue weighted by Gasteiger charge is 2.22. The van der Waals surface area contributed by atoms with Gasteiger partial charge in [0.25, 0.3) is 0 Å². The highest BCUT2D eigenvalue weighted by Crippen LogP contribution is 2.34. The second-order valence-electron chi connectivity index (χ2n) is 5.41. The first-order valence-corrected chi connectivity index (χ1v) is 8.12. The maximum atomic E-state index is 5.22. The van der Waals surface area contributed by atoms with Gasteiger partial charge in [-0.25, -0.2) is 0 Å². The summed E-state index contributed by atoms with van der Waals surface area (Å²) in [4.78, 5) is 1.57. The third-order valence-electron chi connectivity index (χ3n) is 4.12. The van der Waals surface area contributed by atoms with Gasteiger partial charge in [-0.15, -0.1) is 11.3 Å². The zero-order valence-corrected chi connectivity index (χ0v) is 12.9. The van der Waals surface area contributed by atoms with Gasteiger partial charge in [-0.05, 0) is 60.9 Å². The highest BCUT2D eigenvalue weighted by atomic mass is 32.1. The summed E-state index contributed by atoms with van der Waals surface area (Å²) in [7, 11) is 1.71. The molecule has 0 radical (unpaired) electrons. The van der Waals surface area contributed by atoms with E-state index in [-0.39, 0.29) is 0 Å². The summed E-state index contributed by atoms with van der Waals surface area (Å²) < 4.78 is 5.22. The lowest BCUT2D eigenvalue weighted by Crippen LogP contribution is -2.27. The van der Waals surface area contributed by atoms with E-state index in [2.05, 4.69) is 35.8 Å². The Morgan fingerprint density at radius 2 is 2.05 bits per heavy atom. The predicted molar refractivity (Wildman–Crippen MR) is 84.5 cm³/mol. The first-order chi connectivity index (χ1) is 9.78. The van der Waals surface area contributed by atoms with Gasteiger partial charge in [0.2, 0.25) is 0 Å². The van der Waals surface area contributed by atoms with Crippen molar-refractivity contribution < 1.29 is 4.74 Å². The Bertz CT molecular complexity index is 561. The van der Waals surface area contributed by atoms with Gasteiger partial charge in [0.15, 0.2) is 0 Å². The normalized spacial score (nSPS) is 19.4. The fourth-order valence-electron chi connectivity index (χ4n) is 2.95. The zero-order chi connectivity index (χ0) is 13.9. The molecule has 0 fully saturated rings. The van der Waals surface area contributed by atoms with E-state index in [1.54, 1.807) is 12.0 Å². The molecule has 0 amide bonds. The largest absolute Gasteiger partial charge is 0.497 e. The standard InChI is InChI=1S/C17H21NOS/c1-12(13-6-8-14(19-2)9-7-13)18-16-4-3-5-17-15(16)10-11-20-17/h6-12,16,18H,3-5H2,1-2H3. The van der Waals surface area contributed by atoms with Crippen LogP contribution in [0.1, 0.15) is 47.9 Å². The zero-order valence-electron chi connectivity index (χ0n) is 12.1. The second kappa shape index (κ2) is 5.98. The van der Waals surface area contributed by atoms with Crippen LogP contribution in [-0.2, 0) is 6.42 Å². The van der Waals surface area contributed by atoms with E-state index in [0.717, 1.165) is 5.75 Å². The molecule has 2 nitrogen and oxygen atoms in total. The Kier molecular flexibility index (Phi) is 4.08. The molecule has 2 unspecified atom stereocenters. The summed E-state index contributed by atoms with van der Waals surface area (Å²) in [5.41, 5.74) is 2.83. The summed E-state index contributed by atoms with van der Waals surface area (Å²) in [6.45, 7) is 2.24. The van der Waals surface area contributed by atoms with E-state index in [0.29, 0.717) is 12.1 Å². The second-order valence-corrected chi connectivity index (χ2v) is 6.41. The van der Waals surface area contributed by atoms with Gasteiger partial charge >= 0.3 is 0 Å². The molecule has 1 aliphatic rings. The molecule has 20 heavy (non-hydrogen) atoms. The Balaban J connectivity index is 1.71. The van der Waals surface area contributed by atoms with Crippen molar-refractivity contribution in [3.63, 3.8) is 0 Å². The Hall–Kier alpha value is -1.32. The minimum Gasteiger partial charge on any atom is -0.497 e. The molecule has 1 aromatic carbocycles. The van der Waals surface area contributed by atoms with Crippen LogP contribution in [0.25, 0.3) is 0 Å². The average Bonchev–Trinajstić information content (AvgIpc) is 2.97. The first kappa shape index (κ1) is 13.7. The summed E-state index contributed by atoms with van der Waals surface area (Å²) in [5.74, 6) is 0.915. The van der Waals surface area contributed by atoms with Crippen LogP contribution < -0.4 is 10.1 Å². The molecule has 0 spiro atoms. The lowest BCUT2D eigenvalue weighted by molar-refractivity contribution is 0.410. The Labute approximate surface area is 124 Å². The number of aryl methyl sites for hydroxylation is 1. The van der Waals surface area contributed by atoms with Crippen molar-refractivity contribution in [2.45, 2.75) is 38.3 Å². The lowest BCUT2D eigenvalue weighted by Gasteiger charge is -2.27. The first-order valence-electron chi connectivity index (χ1n) is 7.24. The smallest absolute Gasteiger partial charge is 0.118 e. The predicted octanol–water partition coefficient (Wildman–Crippen LogP) is 4.48. The number of nitrogens with one attached hydrogen (secondary N) is 1. The molecule has 1 heterocycles. The lowest BCUT2D eigenvalue weighted by atomic mass is 9.93. The van der Waals surface area contributed by atoms with Crippen LogP contribution in [0.5, 0.6) is 5.75 Å². The molecule has 0 bridgehead atoms.